The number of carbonyl (C=O) groups excluding carboxylic acids is 1. The summed E-state index contributed by atoms with van der Waals surface area (Å²) in [5.74, 6) is 0. The van der Waals surface area contributed by atoms with E-state index in [1.165, 1.54) is 0 Å². The van der Waals surface area contributed by atoms with Gasteiger partial charge in [0.05, 0.1) is 6.54 Å². The minimum absolute atomic E-state index is 0.176. The number of cyclic esters (lactones) is 1. The minimum atomic E-state index is -0.361. The minimum Gasteiger partial charge on any atom is -0.439 e. The molecule has 68 valence electrons. The lowest BCUT2D eigenvalue weighted by atomic mass is 10.1. The van der Waals surface area contributed by atoms with Crippen molar-refractivity contribution in [2.75, 3.05) is 6.54 Å². The van der Waals surface area contributed by atoms with E-state index in [0.717, 1.165) is 5.56 Å². The van der Waals surface area contributed by atoms with Gasteiger partial charge in [-0.2, -0.15) is 0 Å². The van der Waals surface area contributed by atoms with Crippen LogP contribution < -0.4 is 5.32 Å². The number of ether oxygens (including phenoxy) is 1. The Morgan fingerprint density at radius 3 is 2.62 bits per heavy atom. The van der Waals surface area contributed by atoms with Gasteiger partial charge in [0, 0.05) is 5.02 Å². The lowest BCUT2D eigenvalue weighted by Gasteiger charge is -2.06. The molecular formula is C9H8ClNO2. The molecule has 1 aromatic rings. The first kappa shape index (κ1) is 8.38. The number of benzene rings is 1. The van der Waals surface area contributed by atoms with Crippen molar-refractivity contribution >= 4 is 17.7 Å². The van der Waals surface area contributed by atoms with Gasteiger partial charge in [0.1, 0.15) is 6.10 Å². The van der Waals surface area contributed by atoms with Crippen molar-refractivity contribution in [3.05, 3.63) is 34.9 Å². The van der Waals surface area contributed by atoms with E-state index in [1.807, 2.05) is 12.1 Å². The SMILES string of the molecule is O=C1NC[C@@H](c2ccc(Cl)cc2)O1. The summed E-state index contributed by atoms with van der Waals surface area (Å²) in [6, 6.07) is 7.27. The van der Waals surface area contributed by atoms with Gasteiger partial charge in [-0.25, -0.2) is 4.79 Å². The van der Waals surface area contributed by atoms with Crippen molar-refractivity contribution < 1.29 is 9.53 Å². The Kier molecular flexibility index (Phi) is 2.10. The van der Waals surface area contributed by atoms with Gasteiger partial charge in [-0.3, -0.25) is 0 Å². The highest BCUT2D eigenvalue weighted by molar-refractivity contribution is 6.30. The second-order valence-electron chi connectivity index (χ2n) is 2.83. The van der Waals surface area contributed by atoms with Gasteiger partial charge in [0.15, 0.2) is 0 Å². The maximum Gasteiger partial charge on any atom is 0.407 e. The largest absolute Gasteiger partial charge is 0.439 e. The van der Waals surface area contributed by atoms with E-state index in [4.69, 9.17) is 16.3 Å². The highest BCUT2D eigenvalue weighted by Gasteiger charge is 2.23. The molecule has 0 spiro atoms. The molecule has 13 heavy (non-hydrogen) atoms. The highest BCUT2D eigenvalue weighted by atomic mass is 35.5. The third-order valence-electron chi connectivity index (χ3n) is 1.92. The van der Waals surface area contributed by atoms with E-state index in [-0.39, 0.29) is 12.2 Å². The van der Waals surface area contributed by atoms with Gasteiger partial charge >= 0.3 is 6.09 Å². The Bertz CT molecular complexity index is 323. The quantitative estimate of drug-likeness (QED) is 0.749. The predicted octanol–water partition coefficient (Wildman–Crippen LogP) is 2.12. The fourth-order valence-corrected chi connectivity index (χ4v) is 1.38. The number of carbonyl (C=O) groups is 1. The molecule has 1 saturated heterocycles. The van der Waals surface area contributed by atoms with Gasteiger partial charge in [-0.15, -0.1) is 0 Å². The number of hydrogen-bond acceptors (Lipinski definition) is 2. The maximum absolute atomic E-state index is 10.7. The normalized spacial score (nSPS) is 21.0. The summed E-state index contributed by atoms with van der Waals surface area (Å²) >= 11 is 5.72. The number of hydrogen-bond donors (Lipinski definition) is 1. The fraction of sp³-hybridized carbons (Fsp3) is 0.222. The van der Waals surface area contributed by atoms with Crippen LogP contribution in [0.5, 0.6) is 0 Å². The first-order valence-electron chi connectivity index (χ1n) is 3.95. The van der Waals surface area contributed by atoms with Crippen LogP contribution in [0.15, 0.2) is 24.3 Å². The zero-order chi connectivity index (χ0) is 9.26. The molecule has 0 unspecified atom stereocenters. The standard InChI is InChI=1S/C9H8ClNO2/c10-7-3-1-6(2-4-7)8-5-11-9(12)13-8/h1-4,8H,5H2,(H,11,12)/t8-/m0/s1. The topological polar surface area (TPSA) is 38.3 Å². The van der Waals surface area contributed by atoms with Crippen LogP contribution >= 0.6 is 11.6 Å². The summed E-state index contributed by atoms with van der Waals surface area (Å²) in [6.45, 7) is 0.528. The molecule has 0 aromatic heterocycles. The van der Waals surface area contributed by atoms with E-state index >= 15 is 0 Å². The van der Waals surface area contributed by atoms with Crippen LogP contribution in [-0.4, -0.2) is 12.6 Å². The maximum atomic E-state index is 10.7. The monoisotopic (exact) mass is 197 g/mol. The molecule has 0 radical (unpaired) electrons. The lowest BCUT2D eigenvalue weighted by Crippen LogP contribution is -2.12. The second-order valence-corrected chi connectivity index (χ2v) is 3.26. The Morgan fingerprint density at radius 2 is 2.08 bits per heavy atom. The van der Waals surface area contributed by atoms with Gasteiger partial charge < -0.3 is 10.1 Å². The molecule has 1 aliphatic heterocycles. The van der Waals surface area contributed by atoms with E-state index in [1.54, 1.807) is 12.1 Å². The van der Waals surface area contributed by atoms with Gasteiger partial charge in [0.25, 0.3) is 0 Å². The van der Waals surface area contributed by atoms with Crippen LogP contribution in [-0.2, 0) is 4.74 Å². The second kappa shape index (κ2) is 3.26. The average molecular weight is 198 g/mol. The molecule has 0 saturated carbocycles. The highest BCUT2D eigenvalue weighted by Crippen LogP contribution is 2.21. The number of nitrogens with one attached hydrogen (secondary N) is 1. The van der Waals surface area contributed by atoms with Crippen LogP contribution in [0.4, 0.5) is 4.79 Å². The molecular weight excluding hydrogens is 190 g/mol. The molecule has 1 amide bonds. The zero-order valence-corrected chi connectivity index (χ0v) is 7.54. The third-order valence-corrected chi connectivity index (χ3v) is 2.17. The molecule has 1 aromatic carbocycles. The molecule has 4 heteroatoms. The molecule has 1 heterocycles. The molecule has 1 atom stereocenters. The summed E-state index contributed by atoms with van der Waals surface area (Å²) in [4.78, 5) is 10.7. The van der Waals surface area contributed by atoms with Gasteiger partial charge in [-0.05, 0) is 17.7 Å². The molecule has 1 aliphatic rings. The van der Waals surface area contributed by atoms with Crippen molar-refractivity contribution in [3.63, 3.8) is 0 Å². The first-order valence-corrected chi connectivity index (χ1v) is 4.33. The van der Waals surface area contributed by atoms with Crippen LogP contribution in [0.2, 0.25) is 5.02 Å². The van der Waals surface area contributed by atoms with E-state index < -0.39 is 0 Å². The average Bonchev–Trinajstić information content (AvgIpc) is 2.53. The van der Waals surface area contributed by atoms with Crippen LogP contribution in [0.1, 0.15) is 11.7 Å². The lowest BCUT2D eigenvalue weighted by molar-refractivity contribution is 0.141. The van der Waals surface area contributed by atoms with E-state index in [9.17, 15) is 4.79 Å². The Balaban J connectivity index is 2.17. The van der Waals surface area contributed by atoms with Crippen LogP contribution in [0.25, 0.3) is 0 Å². The van der Waals surface area contributed by atoms with Gasteiger partial charge in [0.2, 0.25) is 0 Å². The smallest absolute Gasteiger partial charge is 0.407 e. The molecule has 1 fully saturated rings. The Morgan fingerprint density at radius 1 is 1.38 bits per heavy atom. The molecule has 1 N–H and O–H groups in total. The Labute approximate surface area is 80.6 Å². The van der Waals surface area contributed by atoms with Crippen molar-refractivity contribution in [1.82, 2.24) is 5.32 Å². The van der Waals surface area contributed by atoms with Crippen molar-refractivity contribution in [2.45, 2.75) is 6.10 Å². The molecule has 3 nitrogen and oxygen atoms in total. The van der Waals surface area contributed by atoms with Crippen LogP contribution in [0, 0.1) is 0 Å². The van der Waals surface area contributed by atoms with Crippen LogP contribution in [0.3, 0.4) is 0 Å². The van der Waals surface area contributed by atoms with Crippen molar-refractivity contribution in [3.8, 4) is 0 Å². The molecule has 0 aliphatic carbocycles. The summed E-state index contributed by atoms with van der Waals surface area (Å²) in [7, 11) is 0. The summed E-state index contributed by atoms with van der Waals surface area (Å²) in [5, 5.41) is 3.27. The Hall–Kier alpha value is -1.22. The number of amides is 1. The van der Waals surface area contributed by atoms with E-state index in [0.29, 0.717) is 11.6 Å². The molecule has 0 bridgehead atoms. The van der Waals surface area contributed by atoms with Crippen molar-refractivity contribution in [2.24, 2.45) is 0 Å². The molecule has 2 rings (SSSR count). The van der Waals surface area contributed by atoms with Crippen molar-refractivity contribution in [1.29, 1.82) is 0 Å². The number of alkyl carbamates (subject to hydrolysis) is 1. The third kappa shape index (κ3) is 1.75. The summed E-state index contributed by atoms with van der Waals surface area (Å²) in [5.41, 5.74) is 0.961. The van der Waals surface area contributed by atoms with Gasteiger partial charge in [-0.1, -0.05) is 23.7 Å². The summed E-state index contributed by atoms with van der Waals surface area (Å²) < 4.78 is 4.99. The summed E-state index contributed by atoms with van der Waals surface area (Å²) in [6.07, 6.45) is -0.537. The predicted molar refractivity (Wildman–Crippen MR) is 48.7 cm³/mol. The number of halogens is 1. The number of rotatable bonds is 1. The van der Waals surface area contributed by atoms with E-state index in [2.05, 4.69) is 5.32 Å². The zero-order valence-electron chi connectivity index (χ0n) is 6.79. The fourth-order valence-electron chi connectivity index (χ4n) is 1.25. The first-order chi connectivity index (χ1) is 6.25.